The van der Waals surface area contributed by atoms with Crippen molar-refractivity contribution in [1.82, 2.24) is 0 Å². The van der Waals surface area contributed by atoms with E-state index in [2.05, 4.69) is 0 Å². The Kier molecular flexibility index (Phi) is 6.89. The molecule has 11 atom stereocenters. The Bertz CT molecular complexity index is 1070. The molecule has 0 unspecified atom stereocenters. The summed E-state index contributed by atoms with van der Waals surface area (Å²) in [6.07, 6.45) is -4.68. The van der Waals surface area contributed by atoms with Crippen molar-refractivity contribution in [3.05, 3.63) is 42.2 Å². The Morgan fingerprint density at radius 3 is 2.54 bits per heavy atom. The number of hydrogen-bond donors (Lipinski definition) is 7. The molecule has 4 aliphatic rings. The van der Waals surface area contributed by atoms with Crippen LogP contribution < -0.4 is 0 Å². The monoisotopic (exact) mass is 524 g/mol. The van der Waals surface area contributed by atoms with Gasteiger partial charge < -0.3 is 59.4 Å². The van der Waals surface area contributed by atoms with Crippen LogP contribution in [0.1, 0.15) is 5.56 Å². The summed E-state index contributed by atoms with van der Waals surface area (Å²) in [4.78, 5) is 12.6. The number of fused-ring (bicyclic) bond motifs is 3. The number of ether oxygens (including phenoxy) is 5. The largest absolute Gasteiger partial charge is 0.504 e. The van der Waals surface area contributed by atoms with Crippen molar-refractivity contribution in [2.75, 3.05) is 13.2 Å². The van der Waals surface area contributed by atoms with E-state index in [1.54, 1.807) is 6.08 Å². The molecule has 0 amide bonds. The van der Waals surface area contributed by atoms with E-state index < -0.39 is 85.8 Å². The number of phenols is 2. The molecule has 1 aromatic carbocycles. The van der Waals surface area contributed by atoms with Gasteiger partial charge in [-0.25, -0.2) is 4.79 Å². The van der Waals surface area contributed by atoms with E-state index in [4.69, 9.17) is 23.7 Å². The van der Waals surface area contributed by atoms with Crippen LogP contribution in [0, 0.1) is 11.8 Å². The first-order valence-electron chi connectivity index (χ1n) is 11.7. The number of esters is 1. The molecule has 1 saturated carbocycles. The quantitative estimate of drug-likeness (QED) is 0.0900. The predicted molar refractivity (Wildman–Crippen MR) is 119 cm³/mol. The van der Waals surface area contributed by atoms with Gasteiger partial charge in [-0.2, -0.15) is 0 Å². The molecule has 0 radical (unpaired) electrons. The van der Waals surface area contributed by atoms with Crippen LogP contribution in [0.5, 0.6) is 11.5 Å². The van der Waals surface area contributed by atoms with E-state index in [-0.39, 0.29) is 11.5 Å². The fourth-order valence-corrected chi connectivity index (χ4v) is 5.27. The van der Waals surface area contributed by atoms with Crippen LogP contribution in [0.4, 0.5) is 0 Å². The SMILES string of the molecule is O=C(/C=C/c1ccc(O)c(O)c1)O[C@H]1[C@@H]2C=CO[C@@H](O[C@@H]3O[C@H](CO)[C@@H](O)[C@H](O)[C@H]3O)[C@@H]2[C@@]2(CO)O[C@@H]12. The maximum atomic E-state index is 12.6. The molecule has 1 aliphatic carbocycles. The van der Waals surface area contributed by atoms with Gasteiger partial charge in [0.15, 0.2) is 17.8 Å². The number of hydrogen-bond acceptors (Lipinski definition) is 13. The number of carbonyl (C=O) groups is 1. The van der Waals surface area contributed by atoms with Crippen LogP contribution in [0.15, 0.2) is 36.6 Å². The zero-order valence-corrected chi connectivity index (χ0v) is 19.3. The Labute approximate surface area is 210 Å². The first kappa shape index (κ1) is 25.9. The molecule has 0 aromatic heterocycles. The van der Waals surface area contributed by atoms with E-state index in [1.807, 2.05) is 0 Å². The topological polar surface area (TPSA) is 208 Å². The van der Waals surface area contributed by atoms with Crippen molar-refractivity contribution < 1.29 is 64.2 Å². The van der Waals surface area contributed by atoms with Crippen LogP contribution in [0.25, 0.3) is 6.08 Å². The molecule has 37 heavy (non-hydrogen) atoms. The van der Waals surface area contributed by atoms with Crippen molar-refractivity contribution in [2.24, 2.45) is 11.8 Å². The number of phenolic OH excluding ortho intramolecular Hbond substituents is 2. The van der Waals surface area contributed by atoms with Crippen molar-refractivity contribution in [2.45, 2.75) is 54.8 Å². The highest BCUT2D eigenvalue weighted by atomic mass is 16.8. The second-order valence-corrected chi connectivity index (χ2v) is 9.40. The third-order valence-electron chi connectivity index (χ3n) is 7.26. The lowest BCUT2D eigenvalue weighted by Gasteiger charge is -2.43. The van der Waals surface area contributed by atoms with Gasteiger partial charge in [0.2, 0.25) is 6.29 Å². The molecule has 5 rings (SSSR count). The van der Waals surface area contributed by atoms with Crippen molar-refractivity contribution in [1.29, 1.82) is 0 Å². The summed E-state index contributed by atoms with van der Waals surface area (Å²) in [5.41, 5.74) is -0.714. The highest BCUT2D eigenvalue weighted by Gasteiger charge is 2.77. The fraction of sp³-hybridized carbons (Fsp3) is 0.542. The average molecular weight is 524 g/mol. The van der Waals surface area contributed by atoms with Crippen LogP contribution in [-0.4, -0.2) is 110 Å². The first-order chi connectivity index (χ1) is 17.7. The number of carbonyl (C=O) groups excluding carboxylic acids is 1. The third-order valence-corrected chi connectivity index (χ3v) is 7.26. The van der Waals surface area contributed by atoms with E-state index in [9.17, 15) is 40.5 Å². The molecule has 7 N–H and O–H groups in total. The molecular formula is C24H28O13. The van der Waals surface area contributed by atoms with Gasteiger partial charge >= 0.3 is 5.97 Å². The van der Waals surface area contributed by atoms with Gasteiger partial charge in [0.1, 0.15) is 42.2 Å². The number of epoxide rings is 1. The first-order valence-corrected chi connectivity index (χ1v) is 11.7. The number of aromatic hydroxyl groups is 2. The van der Waals surface area contributed by atoms with Crippen molar-refractivity contribution >= 4 is 12.0 Å². The molecule has 1 aromatic rings. The summed E-state index contributed by atoms with van der Waals surface area (Å²) in [6, 6.07) is 4.04. The van der Waals surface area contributed by atoms with E-state index in [0.29, 0.717) is 5.56 Å². The summed E-state index contributed by atoms with van der Waals surface area (Å²) in [5, 5.41) is 69.0. The minimum atomic E-state index is -1.66. The Hall–Kier alpha value is -2.75. The minimum Gasteiger partial charge on any atom is -0.504 e. The second kappa shape index (κ2) is 9.85. The molecule has 2 saturated heterocycles. The second-order valence-electron chi connectivity index (χ2n) is 9.40. The van der Waals surface area contributed by atoms with Crippen LogP contribution in [0.2, 0.25) is 0 Å². The van der Waals surface area contributed by atoms with E-state index >= 15 is 0 Å². The summed E-state index contributed by atoms with van der Waals surface area (Å²) >= 11 is 0. The molecule has 3 aliphatic heterocycles. The molecular weight excluding hydrogens is 496 g/mol. The Morgan fingerprint density at radius 2 is 1.84 bits per heavy atom. The van der Waals surface area contributed by atoms with Gasteiger partial charge in [0, 0.05) is 12.0 Å². The molecule has 202 valence electrons. The number of benzene rings is 1. The molecule has 13 heteroatoms. The average Bonchev–Trinajstić information content (AvgIpc) is 3.57. The van der Waals surface area contributed by atoms with Crippen LogP contribution >= 0.6 is 0 Å². The van der Waals surface area contributed by atoms with Gasteiger partial charge in [-0.05, 0) is 29.8 Å². The molecule has 0 spiro atoms. The van der Waals surface area contributed by atoms with Gasteiger partial charge in [-0.1, -0.05) is 6.07 Å². The van der Waals surface area contributed by atoms with Crippen molar-refractivity contribution in [3.63, 3.8) is 0 Å². The smallest absolute Gasteiger partial charge is 0.331 e. The van der Waals surface area contributed by atoms with Gasteiger partial charge in [-0.3, -0.25) is 0 Å². The van der Waals surface area contributed by atoms with Gasteiger partial charge in [0.05, 0.1) is 25.4 Å². The molecule has 3 heterocycles. The van der Waals surface area contributed by atoms with Crippen LogP contribution in [0.3, 0.4) is 0 Å². The lowest BCUT2D eigenvalue weighted by atomic mass is 9.85. The molecule has 0 bridgehead atoms. The standard InChI is InChI=1S/C24H28O13/c25-8-14-17(30)18(31)19(32)23(34-14)36-22-16-11(5-6-33-22)20(21-24(16,9-26)37-21)35-15(29)4-2-10-1-3-12(27)13(28)7-10/h1-7,11,14,16-23,25-28,30-32H,8-9H2/b4-2+/t11-,14-,16-,17-,18+,19-,20+,21+,22+,23+,24-/m1/s1. The van der Waals surface area contributed by atoms with Gasteiger partial charge in [-0.15, -0.1) is 0 Å². The van der Waals surface area contributed by atoms with E-state index in [0.717, 1.165) is 6.08 Å². The maximum Gasteiger partial charge on any atom is 0.331 e. The highest BCUT2D eigenvalue weighted by Crippen LogP contribution is 2.60. The van der Waals surface area contributed by atoms with E-state index in [1.165, 1.54) is 30.5 Å². The van der Waals surface area contributed by atoms with Crippen molar-refractivity contribution in [3.8, 4) is 11.5 Å². The maximum absolute atomic E-state index is 12.6. The minimum absolute atomic E-state index is 0.297. The summed E-state index contributed by atoms with van der Waals surface area (Å²) < 4.78 is 28.2. The van der Waals surface area contributed by atoms with Gasteiger partial charge in [0.25, 0.3) is 0 Å². The molecule has 13 nitrogen and oxygen atoms in total. The molecule has 3 fully saturated rings. The third kappa shape index (κ3) is 4.47. The lowest BCUT2D eigenvalue weighted by molar-refractivity contribution is -0.344. The zero-order chi connectivity index (χ0) is 26.5. The fourth-order valence-electron chi connectivity index (χ4n) is 5.27. The Balaban J connectivity index is 1.30. The Morgan fingerprint density at radius 1 is 1.05 bits per heavy atom. The summed E-state index contributed by atoms with van der Waals surface area (Å²) in [7, 11) is 0. The number of aliphatic hydroxyl groups excluding tert-OH is 5. The summed E-state index contributed by atoms with van der Waals surface area (Å²) in [5.74, 6) is -2.56. The normalized spacial score (nSPS) is 42.2. The number of aliphatic hydroxyl groups is 5. The lowest BCUT2D eigenvalue weighted by Crippen LogP contribution is -2.60. The predicted octanol–water partition coefficient (Wildman–Crippen LogP) is -1.91. The van der Waals surface area contributed by atoms with Crippen LogP contribution in [-0.2, 0) is 28.5 Å². The number of rotatable bonds is 7. The summed E-state index contributed by atoms with van der Waals surface area (Å²) in [6.45, 7) is -1.08. The highest BCUT2D eigenvalue weighted by molar-refractivity contribution is 5.87. The zero-order valence-electron chi connectivity index (χ0n) is 19.3.